The average Bonchev–Trinajstić information content (AvgIpc) is 2.79. The van der Waals surface area contributed by atoms with Crippen molar-refractivity contribution in [1.29, 1.82) is 0 Å². The lowest BCUT2D eigenvalue weighted by Gasteiger charge is -2.22. The highest BCUT2D eigenvalue weighted by Gasteiger charge is 2.20. The molecule has 0 unspecified atom stereocenters. The van der Waals surface area contributed by atoms with E-state index in [1.165, 1.54) is 72.7 Å². The number of halogens is 1. The maximum atomic E-state index is 3.70. The molecule has 2 aromatic rings. The Bertz CT molecular complexity index is 638. The highest BCUT2D eigenvalue weighted by molar-refractivity contribution is 9.10. The van der Waals surface area contributed by atoms with Gasteiger partial charge in [0.1, 0.15) is 0 Å². The van der Waals surface area contributed by atoms with Crippen LogP contribution in [0.5, 0.6) is 0 Å². The van der Waals surface area contributed by atoms with Gasteiger partial charge in [0.15, 0.2) is 0 Å². The van der Waals surface area contributed by atoms with Gasteiger partial charge < -0.3 is 9.88 Å². The lowest BCUT2D eigenvalue weighted by molar-refractivity contribution is 0.373. The topological polar surface area (TPSA) is 17.0 Å². The van der Waals surface area contributed by atoms with Gasteiger partial charge in [0, 0.05) is 22.6 Å². The molecular weight excluding hydrogens is 312 g/mol. The van der Waals surface area contributed by atoms with Crippen molar-refractivity contribution in [3.8, 4) is 0 Å². The van der Waals surface area contributed by atoms with Crippen LogP contribution in [-0.2, 0) is 19.4 Å². The van der Waals surface area contributed by atoms with Gasteiger partial charge >= 0.3 is 0 Å². The quantitative estimate of drug-likeness (QED) is 0.882. The predicted molar refractivity (Wildman–Crippen MR) is 87.3 cm³/mol. The fourth-order valence-corrected chi connectivity index (χ4v) is 4.43. The Morgan fingerprint density at radius 2 is 2.10 bits per heavy atom. The normalized spacial score (nSPS) is 19.6. The summed E-state index contributed by atoms with van der Waals surface area (Å²) in [4.78, 5) is 0. The van der Waals surface area contributed by atoms with Crippen LogP contribution < -0.4 is 5.32 Å². The van der Waals surface area contributed by atoms with Crippen LogP contribution in [0.4, 0.5) is 0 Å². The molecule has 0 saturated carbocycles. The van der Waals surface area contributed by atoms with Crippen LogP contribution in [-0.4, -0.2) is 17.7 Å². The first-order chi connectivity index (χ1) is 9.81. The third kappa shape index (κ3) is 2.21. The van der Waals surface area contributed by atoms with Crippen molar-refractivity contribution in [1.82, 2.24) is 9.88 Å². The highest BCUT2D eigenvalue weighted by atomic mass is 79.9. The minimum absolute atomic E-state index is 0.860. The van der Waals surface area contributed by atoms with Crippen LogP contribution in [0.3, 0.4) is 0 Å². The van der Waals surface area contributed by atoms with Gasteiger partial charge in [-0.3, -0.25) is 0 Å². The van der Waals surface area contributed by atoms with Crippen molar-refractivity contribution in [3.63, 3.8) is 0 Å². The van der Waals surface area contributed by atoms with Gasteiger partial charge in [0.2, 0.25) is 0 Å². The monoisotopic (exact) mass is 332 g/mol. The summed E-state index contributed by atoms with van der Waals surface area (Å²) in [5.74, 6) is 0.860. The Labute approximate surface area is 128 Å². The Balaban J connectivity index is 1.76. The summed E-state index contributed by atoms with van der Waals surface area (Å²) in [6, 6.07) is 4.64. The SMILES string of the molecule is Brc1cc2c3c(c1)c(CC1CCNCC1)cn3CCC2. The van der Waals surface area contributed by atoms with E-state index in [-0.39, 0.29) is 0 Å². The Hall–Kier alpha value is -0.800. The molecule has 0 spiro atoms. The van der Waals surface area contributed by atoms with E-state index in [0.29, 0.717) is 0 Å². The van der Waals surface area contributed by atoms with Gasteiger partial charge in [-0.1, -0.05) is 15.9 Å². The van der Waals surface area contributed by atoms with Crippen LogP contribution in [0.15, 0.2) is 22.8 Å². The Morgan fingerprint density at radius 1 is 1.25 bits per heavy atom. The van der Waals surface area contributed by atoms with Crippen molar-refractivity contribution in [2.24, 2.45) is 5.92 Å². The first-order valence-corrected chi connectivity index (χ1v) is 8.61. The molecule has 106 valence electrons. The minimum atomic E-state index is 0.860. The number of piperidine rings is 1. The van der Waals surface area contributed by atoms with Crippen LogP contribution in [0.1, 0.15) is 30.4 Å². The number of nitrogens with zero attached hydrogens (tertiary/aromatic N) is 1. The van der Waals surface area contributed by atoms with Crippen molar-refractivity contribution in [2.45, 2.75) is 38.6 Å². The van der Waals surface area contributed by atoms with E-state index < -0.39 is 0 Å². The molecule has 3 heterocycles. The first-order valence-electron chi connectivity index (χ1n) is 7.82. The number of rotatable bonds is 2. The molecule has 2 nitrogen and oxygen atoms in total. The molecule has 0 aliphatic carbocycles. The number of aromatic nitrogens is 1. The highest BCUT2D eigenvalue weighted by Crippen LogP contribution is 2.34. The van der Waals surface area contributed by atoms with Gasteiger partial charge in [-0.25, -0.2) is 0 Å². The van der Waals surface area contributed by atoms with Gasteiger partial charge in [-0.15, -0.1) is 0 Å². The zero-order valence-electron chi connectivity index (χ0n) is 11.8. The molecule has 2 aliphatic rings. The fraction of sp³-hybridized carbons (Fsp3) is 0.529. The molecule has 4 rings (SSSR count). The molecule has 1 N–H and O–H groups in total. The summed E-state index contributed by atoms with van der Waals surface area (Å²) >= 11 is 3.70. The third-order valence-corrected chi connectivity index (χ3v) is 5.37. The van der Waals surface area contributed by atoms with Crippen molar-refractivity contribution < 1.29 is 0 Å². The minimum Gasteiger partial charge on any atom is -0.347 e. The zero-order chi connectivity index (χ0) is 13.5. The smallest absolute Gasteiger partial charge is 0.0516 e. The predicted octanol–water partition coefficient (Wildman–Crippen LogP) is 3.89. The van der Waals surface area contributed by atoms with Crippen LogP contribution >= 0.6 is 15.9 Å². The van der Waals surface area contributed by atoms with E-state index in [0.717, 1.165) is 5.92 Å². The number of aryl methyl sites for hydroxylation is 2. The van der Waals surface area contributed by atoms with E-state index >= 15 is 0 Å². The van der Waals surface area contributed by atoms with E-state index in [2.05, 4.69) is 44.1 Å². The first kappa shape index (κ1) is 12.9. The maximum absolute atomic E-state index is 3.70. The summed E-state index contributed by atoms with van der Waals surface area (Å²) < 4.78 is 3.74. The molecule has 0 bridgehead atoms. The molecule has 2 aliphatic heterocycles. The maximum Gasteiger partial charge on any atom is 0.0516 e. The van der Waals surface area contributed by atoms with Gasteiger partial charge in [-0.2, -0.15) is 0 Å². The summed E-state index contributed by atoms with van der Waals surface area (Å²) in [5.41, 5.74) is 4.59. The molecule has 1 fully saturated rings. The van der Waals surface area contributed by atoms with Crippen molar-refractivity contribution in [2.75, 3.05) is 13.1 Å². The zero-order valence-corrected chi connectivity index (χ0v) is 13.4. The number of hydrogen-bond acceptors (Lipinski definition) is 1. The summed E-state index contributed by atoms with van der Waals surface area (Å²) in [7, 11) is 0. The lowest BCUT2D eigenvalue weighted by atomic mass is 9.90. The molecule has 3 heteroatoms. The molecule has 1 aromatic carbocycles. The number of benzene rings is 1. The second kappa shape index (κ2) is 5.19. The van der Waals surface area contributed by atoms with Crippen molar-refractivity contribution in [3.05, 3.63) is 33.9 Å². The fourth-order valence-electron chi connectivity index (χ4n) is 3.93. The molecule has 0 atom stereocenters. The van der Waals surface area contributed by atoms with E-state index in [1.54, 1.807) is 5.56 Å². The third-order valence-electron chi connectivity index (χ3n) is 4.91. The summed E-state index contributed by atoms with van der Waals surface area (Å²) in [5, 5.41) is 4.96. The molecule has 1 saturated heterocycles. The van der Waals surface area contributed by atoms with Gasteiger partial charge in [0.25, 0.3) is 0 Å². The van der Waals surface area contributed by atoms with Gasteiger partial charge in [-0.05, 0) is 74.4 Å². The molecule has 0 radical (unpaired) electrons. The number of nitrogens with one attached hydrogen (secondary N) is 1. The molecule has 20 heavy (non-hydrogen) atoms. The van der Waals surface area contributed by atoms with Crippen molar-refractivity contribution >= 4 is 26.8 Å². The van der Waals surface area contributed by atoms with E-state index in [1.807, 2.05) is 0 Å². The standard InChI is InChI=1S/C17H21BrN2/c18-15-9-13-2-1-7-20-11-14(16(10-15)17(13)20)8-12-3-5-19-6-4-12/h9-12,19H,1-8H2. The van der Waals surface area contributed by atoms with E-state index in [4.69, 9.17) is 0 Å². The average molecular weight is 333 g/mol. The molecule has 1 aromatic heterocycles. The summed E-state index contributed by atoms with van der Waals surface area (Å²) in [6.45, 7) is 3.58. The second-order valence-corrected chi connectivity index (χ2v) is 7.23. The second-order valence-electron chi connectivity index (χ2n) is 6.31. The Kier molecular flexibility index (Phi) is 3.35. The Morgan fingerprint density at radius 3 is 2.95 bits per heavy atom. The molecular formula is C17H21BrN2. The van der Waals surface area contributed by atoms with Gasteiger partial charge in [0.05, 0.1) is 5.52 Å². The van der Waals surface area contributed by atoms with E-state index in [9.17, 15) is 0 Å². The lowest BCUT2D eigenvalue weighted by Crippen LogP contribution is -2.28. The van der Waals surface area contributed by atoms with Crippen LogP contribution in [0, 0.1) is 5.92 Å². The molecule has 0 amide bonds. The summed E-state index contributed by atoms with van der Waals surface area (Å²) in [6.07, 6.45) is 8.84. The van der Waals surface area contributed by atoms with Crippen LogP contribution in [0.2, 0.25) is 0 Å². The number of hydrogen-bond donors (Lipinski definition) is 1. The van der Waals surface area contributed by atoms with Crippen LogP contribution in [0.25, 0.3) is 10.9 Å². The largest absolute Gasteiger partial charge is 0.347 e.